The van der Waals surface area contributed by atoms with Crippen LogP contribution in [0.15, 0.2) is 30.3 Å². The normalized spacial score (nSPS) is 12.6. The highest BCUT2D eigenvalue weighted by Crippen LogP contribution is 2.24. The Morgan fingerprint density at radius 2 is 1.94 bits per heavy atom. The minimum atomic E-state index is 0.362. The first-order chi connectivity index (χ1) is 8.16. The van der Waals surface area contributed by atoms with Gasteiger partial charge in [0.2, 0.25) is 0 Å². The van der Waals surface area contributed by atoms with E-state index in [1.54, 1.807) is 11.3 Å². The van der Waals surface area contributed by atoms with Crippen molar-refractivity contribution in [3.63, 3.8) is 0 Å². The summed E-state index contributed by atoms with van der Waals surface area (Å²) in [6, 6.07) is 10.8. The van der Waals surface area contributed by atoms with E-state index in [1.165, 1.54) is 10.4 Å². The summed E-state index contributed by atoms with van der Waals surface area (Å²) in [6.07, 6.45) is 0. The molecule has 1 N–H and O–H groups in total. The Bertz CT molecular complexity index is 476. The molecule has 1 heterocycles. The van der Waals surface area contributed by atoms with Crippen LogP contribution >= 0.6 is 11.3 Å². The summed E-state index contributed by atoms with van der Waals surface area (Å²) in [4.78, 5) is 5.81. The number of hydrogen-bond acceptors (Lipinski definition) is 3. The largest absolute Gasteiger partial charge is 0.305 e. The zero-order chi connectivity index (χ0) is 12.3. The molecule has 0 spiro atoms. The second-order valence-corrected chi connectivity index (χ2v) is 5.51. The van der Waals surface area contributed by atoms with Crippen LogP contribution < -0.4 is 5.32 Å². The Hall–Kier alpha value is -1.19. The van der Waals surface area contributed by atoms with Gasteiger partial charge in [-0.05, 0) is 26.3 Å². The Labute approximate surface area is 107 Å². The third-order valence-corrected chi connectivity index (χ3v) is 4.04. The Balaban J connectivity index is 1.98. The van der Waals surface area contributed by atoms with Crippen LogP contribution in [0.3, 0.4) is 0 Å². The monoisotopic (exact) mass is 246 g/mol. The predicted molar refractivity (Wildman–Crippen MR) is 73.3 cm³/mol. The maximum Gasteiger partial charge on any atom is 0.0900 e. The van der Waals surface area contributed by atoms with E-state index in [0.717, 1.165) is 17.2 Å². The van der Waals surface area contributed by atoms with Crippen LogP contribution in [0.5, 0.6) is 0 Å². The maximum absolute atomic E-state index is 4.47. The lowest BCUT2D eigenvalue weighted by atomic mass is 10.2. The molecule has 0 bridgehead atoms. The molecule has 0 aliphatic carbocycles. The third kappa shape index (κ3) is 3.14. The molecule has 1 unspecified atom stereocenters. The fourth-order valence-electron chi connectivity index (χ4n) is 1.91. The van der Waals surface area contributed by atoms with E-state index in [9.17, 15) is 0 Å². The minimum Gasteiger partial charge on any atom is -0.305 e. The van der Waals surface area contributed by atoms with Gasteiger partial charge in [-0.3, -0.25) is 0 Å². The van der Waals surface area contributed by atoms with Crippen LogP contribution in [0, 0.1) is 13.8 Å². The summed E-state index contributed by atoms with van der Waals surface area (Å²) < 4.78 is 0. The van der Waals surface area contributed by atoms with Crippen LogP contribution in [0.1, 0.15) is 34.1 Å². The molecule has 0 fully saturated rings. The van der Waals surface area contributed by atoms with Gasteiger partial charge in [-0.15, -0.1) is 11.3 Å². The molecule has 0 aliphatic heterocycles. The molecule has 90 valence electrons. The molecular weight excluding hydrogens is 228 g/mol. The van der Waals surface area contributed by atoms with Crippen molar-refractivity contribution in [1.82, 2.24) is 10.3 Å². The van der Waals surface area contributed by atoms with Gasteiger partial charge >= 0.3 is 0 Å². The van der Waals surface area contributed by atoms with Crippen LogP contribution in [-0.2, 0) is 6.54 Å². The highest BCUT2D eigenvalue weighted by Gasteiger charge is 2.11. The van der Waals surface area contributed by atoms with Crippen molar-refractivity contribution >= 4 is 11.3 Å². The first-order valence-electron chi connectivity index (χ1n) is 5.88. The smallest absolute Gasteiger partial charge is 0.0900 e. The summed E-state index contributed by atoms with van der Waals surface area (Å²) in [5.41, 5.74) is 2.47. The van der Waals surface area contributed by atoms with Crippen molar-refractivity contribution in [3.8, 4) is 0 Å². The van der Waals surface area contributed by atoms with E-state index in [-0.39, 0.29) is 0 Å². The first kappa shape index (κ1) is 12.3. The summed E-state index contributed by atoms with van der Waals surface area (Å²) in [5.74, 6) is 0. The lowest BCUT2D eigenvalue weighted by molar-refractivity contribution is 0.579. The molecule has 2 aromatic rings. The molecule has 0 amide bonds. The molecular formula is C14H18N2S. The molecule has 0 saturated carbocycles. The topological polar surface area (TPSA) is 24.9 Å². The summed E-state index contributed by atoms with van der Waals surface area (Å²) in [5, 5.41) is 4.68. The molecule has 17 heavy (non-hydrogen) atoms. The van der Waals surface area contributed by atoms with Gasteiger partial charge in [0, 0.05) is 17.5 Å². The number of benzene rings is 1. The van der Waals surface area contributed by atoms with Crippen molar-refractivity contribution in [2.24, 2.45) is 0 Å². The van der Waals surface area contributed by atoms with Gasteiger partial charge in [0.05, 0.1) is 10.7 Å². The number of aryl methyl sites for hydroxylation is 2. The van der Waals surface area contributed by atoms with Crippen molar-refractivity contribution in [2.75, 3.05) is 0 Å². The van der Waals surface area contributed by atoms with E-state index in [1.807, 2.05) is 6.07 Å². The van der Waals surface area contributed by atoms with E-state index >= 15 is 0 Å². The quantitative estimate of drug-likeness (QED) is 0.891. The van der Waals surface area contributed by atoms with Gasteiger partial charge in [-0.25, -0.2) is 4.98 Å². The van der Waals surface area contributed by atoms with Crippen LogP contribution in [0.25, 0.3) is 0 Å². The fourth-order valence-corrected chi connectivity index (χ4v) is 2.86. The number of nitrogens with one attached hydrogen (secondary N) is 1. The summed E-state index contributed by atoms with van der Waals surface area (Å²) in [6.45, 7) is 7.24. The Morgan fingerprint density at radius 1 is 1.24 bits per heavy atom. The second-order valence-electron chi connectivity index (χ2n) is 4.27. The SMILES string of the molecule is Cc1nc(C)c(C(C)NCc2ccccc2)s1. The minimum absolute atomic E-state index is 0.362. The maximum atomic E-state index is 4.47. The van der Waals surface area contributed by atoms with Gasteiger partial charge in [0.15, 0.2) is 0 Å². The van der Waals surface area contributed by atoms with E-state index < -0.39 is 0 Å². The molecule has 1 aromatic heterocycles. The van der Waals surface area contributed by atoms with Gasteiger partial charge in [-0.1, -0.05) is 30.3 Å². The van der Waals surface area contributed by atoms with E-state index in [2.05, 4.69) is 55.3 Å². The lowest BCUT2D eigenvalue weighted by Gasteiger charge is -2.12. The molecule has 0 aliphatic rings. The standard InChI is InChI=1S/C14H18N2S/c1-10(14-11(2)16-12(3)17-14)15-9-13-7-5-4-6-8-13/h4-8,10,15H,9H2,1-3H3. The Morgan fingerprint density at radius 3 is 2.53 bits per heavy atom. The third-order valence-electron chi connectivity index (χ3n) is 2.79. The fraction of sp³-hybridized carbons (Fsp3) is 0.357. The molecule has 1 aromatic carbocycles. The van der Waals surface area contributed by atoms with Crippen LogP contribution in [-0.4, -0.2) is 4.98 Å². The number of thiazole rings is 1. The van der Waals surface area contributed by atoms with Gasteiger partial charge in [0.1, 0.15) is 0 Å². The van der Waals surface area contributed by atoms with Gasteiger partial charge in [-0.2, -0.15) is 0 Å². The number of aromatic nitrogens is 1. The number of nitrogens with zero attached hydrogens (tertiary/aromatic N) is 1. The lowest BCUT2D eigenvalue weighted by Crippen LogP contribution is -2.17. The molecule has 2 rings (SSSR count). The van der Waals surface area contributed by atoms with Crippen molar-refractivity contribution in [3.05, 3.63) is 51.5 Å². The Kier molecular flexibility index (Phi) is 3.92. The van der Waals surface area contributed by atoms with Crippen molar-refractivity contribution in [2.45, 2.75) is 33.4 Å². The molecule has 0 radical (unpaired) electrons. The zero-order valence-electron chi connectivity index (χ0n) is 10.5. The van der Waals surface area contributed by atoms with Gasteiger partial charge < -0.3 is 5.32 Å². The first-order valence-corrected chi connectivity index (χ1v) is 6.69. The highest BCUT2D eigenvalue weighted by atomic mass is 32.1. The summed E-state index contributed by atoms with van der Waals surface area (Å²) in [7, 11) is 0. The summed E-state index contributed by atoms with van der Waals surface area (Å²) >= 11 is 1.78. The second kappa shape index (κ2) is 5.43. The van der Waals surface area contributed by atoms with Crippen molar-refractivity contribution in [1.29, 1.82) is 0 Å². The van der Waals surface area contributed by atoms with E-state index in [4.69, 9.17) is 0 Å². The van der Waals surface area contributed by atoms with Gasteiger partial charge in [0.25, 0.3) is 0 Å². The highest BCUT2D eigenvalue weighted by molar-refractivity contribution is 7.11. The van der Waals surface area contributed by atoms with E-state index in [0.29, 0.717) is 6.04 Å². The number of rotatable bonds is 4. The van der Waals surface area contributed by atoms with Crippen LogP contribution in [0.2, 0.25) is 0 Å². The average molecular weight is 246 g/mol. The molecule has 0 saturated heterocycles. The van der Waals surface area contributed by atoms with Crippen LogP contribution in [0.4, 0.5) is 0 Å². The predicted octanol–water partition coefficient (Wildman–Crippen LogP) is 3.61. The molecule has 1 atom stereocenters. The molecule has 3 heteroatoms. The average Bonchev–Trinajstić information content (AvgIpc) is 2.67. The number of hydrogen-bond donors (Lipinski definition) is 1. The molecule has 2 nitrogen and oxygen atoms in total. The zero-order valence-corrected chi connectivity index (χ0v) is 11.3. The van der Waals surface area contributed by atoms with Crippen molar-refractivity contribution < 1.29 is 0 Å².